The van der Waals surface area contributed by atoms with E-state index >= 15 is 0 Å². The first kappa shape index (κ1) is 17.5. The molecular weight excluding hydrogens is 362 g/mol. The number of anilines is 1. The Morgan fingerprint density at radius 2 is 1.89 bits per heavy atom. The standard InChI is InChI=1S/C21H18ClN3O2/c1-13-11-19(26)20(24-25(13)18-8-3-2-7-17(18)22)21(27)23-16-10-9-14-5-4-6-15(14)12-16/h2-3,7-12H,4-6H2,1H3,(H,23,27). The molecule has 6 heteroatoms. The molecular formula is C21H18ClN3O2. The highest BCUT2D eigenvalue weighted by Crippen LogP contribution is 2.25. The molecule has 0 spiro atoms. The summed E-state index contributed by atoms with van der Waals surface area (Å²) in [4.78, 5) is 25.1. The molecule has 0 saturated carbocycles. The van der Waals surface area contributed by atoms with Crippen LogP contribution >= 0.6 is 11.6 Å². The van der Waals surface area contributed by atoms with Crippen molar-refractivity contribution in [1.29, 1.82) is 0 Å². The third-order valence-corrected chi connectivity index (χ3v) is 5.08. The Kier molecular flexibility index (Phi) is 4.54. The van der Waals surface area contributed by atoms with Gasteiger partial charge in [0.1, 0.15) is 0 Å². The zero-order chi connectivity index (χ0) is 19.0. The Labute approximate surface area is 161 Å². The highest BCUT2D eigenvalue weighted by molar-refractivity contribution is 6.32. The molecule has 0 aliphatic heterocycles. The van der Waals surface area contributed by atoms with Gasteiger partial charge in [-0.1, -0.05) is 29.8 Å². The lowest BCUT2D eigenvalue weighted by Gasteiger charge is -2.13. The predicted octanol–water partition coefficient (Wildman–Crippen LogP) is 3.94. The maximum absolute atomic E-state index is 12.7. The van der Waals surface area contributed by atoms with E-state index in [2.05, 4.69) is 10.4 Å². The second-order valence-corrected chi connectivity index (χ2v) is 7.06. The Balaban J connectivity index is 1.69. The zero-order valence-corrected chi connectivity index (χ0v) is 15.6. The number of aromatic nitrogens is 2. The van der Waals surface area contributed by atoms with Crippen LogP contribution in [0.5, 0.6) is 0 Å². The van der Waals surface area contributed by atoms with Gasteiger partial charge in [0, 0.05) is 17.4 Å². The van der Waals surface area contributed by atoms with Crippen molar-refractivity contribution in [2.24, 2.45) is 0 Å². The van der Waals surface area contributed by atoms with E-state index in [-0.39, 0.29) is 5.69 Å². The third-order valence-electron chi connectivity index (χ3n) is 4.76. The van der Waals surface area contributed by atoms with Gasteiger partial charge < -0.3 is 5.32 Å². The first-order valence-electron chi connectivity index (χ1n) is 8.82. The van der Waals surface area contributed by atoms with Crippen molar-refractivity contribution in [1.82, 2.24) is 9.78 Å². The Morgan fingerprint density at radius 3 is 2.70 bits per heavy atom. The number of carbonyl (C=O) groups is 1. The molecule has 1 aliphatic carbocycles. The third kappa shape index (κ3) is 3.38. The molecule has 1 amide bonds. The monoisotopic (exact) mass is 379 g/mol. The number of amides is 1. The van der Waals surface area contributed by atoms with Gasteiger partial charge in [0.2, 0.25) is 5.43 Å². The van der Waals surface area contributed by atoms with Gasteiger partial charge in [0.05, 0.1) is 10.7 Å². The van der Waals surface area contributed by atoms with Gasteiger partial charge in [0.15, 0.2) is 5.69 Å². The number of aryl methyl sites for hydroxylation is 3. The van der Waals surface area contributed by atoms with Gasteiger partial charge in [-0.15, -0.1) is 0 Å². The van der Waals surface area contributed by atoms with Gasteiger partial charge >= 0.3 is 0 Å². The molecule has 3 aromatic rings. The maximum atomic E-state index is 12.7. The number of nitrogens with zero attached hydrogens (tertiary/aromatic N) is 2. The molecule has 0 atom stereocenters. The van der Waals surface area contributed by atoms with Gasteiger partial charge in [-0.3, -0.25) is 9.59 Å². The van der Waals surface area contributed by atoms with Crippen LogP contribution in [0.3, 0.4) is 0 Å². The van der Waals surface area contributed by atoms with Crippen LogP contribution in [-0.4, -0.2) is 15.7 Å². The Morgan fingerprint density at radius 1 is 1.11 bits per heavy atom. The zero-order valence-electron chi connectivity index (χ0n) is 14.8. The fraction of sp³-hybridized carbons (Fsp3) is 0.190. The number of rotatable bonds is 3. The van der Waals surface area contributed by atoms with Crippen molar-refractivity contribution in [3.05, 3.63) is 86.3 Å². The molecule has 1 N–H and O–H groups in total. The summed E-state index contributed by atoms with van der Waals surface area (Å²) in [7, 11) is 0. The largest absolute Gasteiger partial charge is 0.320 e. The van der Waals surface area contributed by atoms with E-state index < -0.39 is 11.3 Å². The van der Waals surface area contributed by atoms with E-state index in [0.29, 0.717) is 22.1 Å². The van der Waals surface area contributed by atoms with Crippen molar-refractivity contribution in [2.45, 2.75) is 26.2 Å². The normalized spacial score (nSPS) is 12.7. The highest BCUT2D eigenvalue weighted by Gasteiger charge is 2.18. The van der Waals surface area contributed by atoms with E-state index in [1.165, 1.54) is 21.9 Å². The van der Waals surface area contributed by atoms with E-state index in [1.54, 1.807) is 19.1 Å². The molecule has 0 bridgehead atoms. The molecule has 1 heterocycles. The van der Waals surface area contributed by atoms with Crippen molar-refractivity contribution in [3.63, 3.8) is 0 Å². The minimum absolute atomic E-state index is 0.166. The highest BCUT2D eigenvalue weighted by atomic mass is 35.5. The van der Waals surface area contributed by atoms with Crippen LogP contribution in [0.15, 0.2) is 53.3 Å². The van der Waals surface area contributed by atoms with Gasteiger partial charge in [-0.05, 0) is 61.6 Å². The first-order chi connectivity index (χ1) is 13.0. The van der Waals surface area contributed by atoms with Gasteiger partial charge in [0.25, 0.3) is 5.91 Å². The predicted molar refractivity (Wildman–Crippen MR) is 106 cm³/mol. The van der Waals surface area contributed by atoms with E-state index in [0.717, 1.165) is 19.3 Å². The molecule has 0 saturated heterocycles. The van der Waals surface area contributed by atoms with E-state index in [4.69, 9.17) is 11.6 Å². The molecule has 0 unspecified atom stereocenters. The quantitative estimate of drug-likeness (QED) is 0.749. The SMILES string of the molecule is Cc1cc(=O)c(C(=O)Nc2ccc3c(c2)CCC3)nn1-c1ccccc1Cl. The number of fused-ring (bicyclic) bond motifs is 1. The summed E-state index contributed by atoms with van der Waals surface area (Å²) < 4.78 is 1.52. The summed E-state index contributed by atoms with van der Waals surface area (Å²) in [5, 5.41) is 7.56. The van der Waals surface area contributed by atoms with Crippen molar-refractivity contribution in [2.75, 3.05) is 5.32 Å². The summed E-state index contributed by atoms with van der Waals surface area (Å²) in [6.07, 6.45) is 3.22. The van der Waals surface area contributed by atoms with Gasteiger partial charge in [-0.25, -0.2) is 4.68 Å². The lowest BCUT2D eigenvalue weighted by molar-refractivity contribution is 0.101. The minimum atomic E-state index is -0.529. The molecule has 27 heavy (non-hydrogen) atoms. The number of hydrogen-bond donors (Lipinski definition) is 1. The second kappa shape index (κ2) is 7.00. The fourth-order valence-corrected chi connectivity index (χ4v) is 3.63. The van der Waals surface area contributed by atoms with Crippen LogP contribution in [-0.2, 0) is 12.8 Å². The van der Waals surface area contributed by atoms with Crippen LogP contribution in [0.4, 0.5) is 5.69 Å². The van der Waals surface area contributed by atoms with Crippen LogP contribution in [0, 0.1) is 6.92 Å². The topological polar surface area (TPSA) is 64.0 Å². The maximum Gasteiger partial charge on any atom is 0.280 e. The molecule has 2 aromatic carbocycles. The summed E-state index contributed by atoms with van der Waals surface area (Å²) in [5.41, 5.74) is 3.87. The Hall–Kier alpha value is -2.92. The molecule has 5 nitrogen and oxygen atoms in total. The lowest BCUT2D eigenvalue weighted by atomic mass is 10.1. The van der Waals surface area contributed by atoms with Crippen LogP contribution in [0.1, 0.15) is 33.7 Å². The van der Waals surface area contributed by atoms with Crippen LogP contribution < -0.4 is 10.7 Å². The number of hydrogen-bond acceptors (Lipinski definition) is 3. The number of para-hydroxylation sites is 1. The summed E-state index contributed by atoms with van der Waals surface area (Å²) >= 11 is 6.25. The van der Waals surface area contributed by atoms with Crippen molar-refractivity contribution >= 4 is 23.2 Å². The molecule has 0 fully saturated rings. The number of halogens is 1. The van der Waals surface area contributed by atoms with E-state index in [9.17, 15) is 9.59 Å². The van der Waals surface area contributed by atoms with Crippen molar-refractivity contribution < 1.29 is 4.79 Å². The smallest absolute Gasteiger partial charge is 0.280 e. The molecule has 4 rings (SSSR count). The molecule has 0 radical (unpaired) electrons. The minimum Gasteiger partial charge on any atom is -0.320 e. The fourth-order valence-electron chi connectivity index (χ4n) is 3.41. The molecule has 1 aliphatic rings. The Bertz CT molecular complexity index is 1100. The van der Waals surface area contributed by atoms with Crippen LogP contribution in [0.25, 0.3) is 5.69 Å². The number of benzene rings is 2. The average molecular weight is 380 g/mol. The molecule has 1 aromatic heterocycles. The molecule has 136 valence electrons. The second-order valence-electron chi connectivity index (χ2n) is 6.65. The van der Waals surface area contributed by atoms with Crippen molar-refractivity contribution in [3.8, 4) is 5.69 Å². The lowest BCUT2D eigenvalue weighted by Crippen LogP contribution is -2.27. The number of carbonyl (C=O) groups excluding carboxylic acids is 1. The number of nitrogens with one attached hydrogen (secondary N) is 1. The average Bonchev–Trinajstić information content (AvgIpc) is 3.10. The summed E-state index contributed by atoms with van der Waals surface area (Å²) in [5.74, 6) is -0.529. The van der Waals surface area contributed by atoms with Gasteiger partial charge in [-0.2, -0.15) is 5.10 Å². The summed E-state index contributed by atoms with van der Waals surface area (Å²) in [6, 6.07) is 14.4. The summed E-state index contributed by atoms with van der Waals surface area (Å²) in [6.45, 7) is 1.75. The van der Waals surface area contributed by atoms with Crippen LogP contribution in [0.2, 0.25) is 5.02 Å². The van der Waals surface area contributed by atoms with E-state index in [1.807, 2.05) is 30.3 Å². The first-order valence-corrected chi connectivity index (χ1v) is 9.20.